The van der Waals surface area contributed by atoms with Gasteiger partial charge < -0.3 is 0 Å². The molecule has 28 valence electrons. The molecule has 0 aliphatic carbocycles. The van der Waals surface area contributed by atoms with Crippen LogP contribution in [0.4, 0.5) is 0 Å². The van der Waals surface area contributed by atoms with Crippen molar-refractivity contribution in [1.29, 1.82) is 0 Å². The summed E-state index contributed by atoms with van der Waals surface area (Å²) in [6, 6.07) is 0. The summed E-state index contributed by atoms with van der Waals surface area (Å²) >= 11 is 5.12. The number of rotatable bonds is 0. The van der Waals surface area contributed by atoms with Gasteiger partial charge >= 0.3 is 0 Å². The van der Waals surface area contributed by atoms with Crippen molar-refractivity contribution in [2.45, 2.75) is 0 Å². The van der Waals surface area contributed by atoms with Crippen molar-refractivity contribution in [3.63, 3.8) is 0 Å². The molecule has 0 bridgehead atoms. The Morgan fingerprint density at radius 3 is 1.25 bits per heavy atom. The number of hydrogen-bond donors (Lipinski definition) is 0. The van der Waals surface area contributed by atoms with E-state index in [4.69, 9.17) is 0 Å². The van der Waals surface area contributed by atoms with Crippen LogP contribution in [0, 0.1) is 0 Å². The second-order valence-electron chi connectivity index (χ2n) is 0.0583. The van der Waals surface area contributed by atoms with Gasteiger partial charge in [0.2, 0.25) is 0 Å². The summed E-state index contributed by atoms with van der Waals surface area (Å²) in [5.41, 5.74) is 0. The smallest absolute Gasteiger partial charge is 0.115 e. The van der Waals surface area contributed by atoms with Crippen LogP contribution >= 0.6 is 42.4 Å². The average molecular weight is 210 g/mol. The molecule has 0 saturated heterocycles. The number of halogens is 2. The fraction of sp³-hybridized carbons (Fsp3) is 0. The lowest BCUT2D eigenvalue weighted by Crippen LogP contribution is -1.10. The van der Waals surface area contributed by atoms with Gasteiger partial charge in [-0.05, 0) is 0 Å². The second-order valence-corrected chi connectivity index (χ2v) is 1.57. The molecule has 0 fully saturated rings. The van der Waals surface area contributed by atoms with E-state index in [0.29, 0.717) is 0 Å². The van der Waals surface area contributed by atoms with Gasteiger partial charge in [0.15, 0.2) is 0 Å². The van der Waals surface area contributed by atoms with E-state index in [-0.39, 0.29) is 9.90 Å². The largest absolute Gasteiger partial charge is 0.230 e. The van der Waals surface area contributed by atoms with Crippen molar-refractivity contribution in [1.82, 2.24) is 0 Å². The lowest BCUT2D eigenvalue weighted by Gasteiger charge is -1.48. The molecule has 0 aromatic carbocycles. The highest BCUT2D eigenvalue weighted by molar-refractivity contribution is 9.18. The first-order chi connectivity index (χ1) is 1.41. The highest BCUT2D eigenvalue weighted by Gasteiger charge is 1.37. The van der Waals surface area contributed by atoms with Gasteiger partial charge in [-0.15, -0.1) is 0 Å². The monoisotopic (exact) mass is 208 g/mol. The van der Waals surface area contributed by atoms with Gasteiger partial charge in [0, 0.05) is 0 Å². The zero-order valence-corrected chi connectivity index (χ0v) is 6.46. The topological polar surface area (TPSA) is 9.23 Å². The molecule has 0 amide bonds. The molecular weight excluding hydrogens is 207 g/mol. The van der Waals surface area contributed by atoms with Crippen molar-refractivity contribution in [2.75, 3.05) is 0 Å². The molecule has 0 aliphatic heterocycles. The van der Waals surface area contributed by atoms with Crippen LogP contribution in [0.25, 0.3) is 0 Å². The van der Waals surface area contributed by atoms with Gasteiger partial charge in [-0.2, -0.15) is 9.90 Å². The fourth-order valence-corrected chi connectivity index (χ4v) is 0. The maximum Gasteiger partial charge on any atom is 0.115 e. The Morgan fingerprint density at radius 2 is 1.25 bits per heavy atom. The van der Waals surface area contributed by atoms with Crippen LogP contribution in [0.1, 0.15) is 0 Å². The molecular formula is H3Br2OP. The fourth-order valence-electron chi connectivity index (χ4n) is 0. The molecule has 0 rings (SSSR count). The molecule has 1 atom stereocenters. The molecule has 0 radical (unpaired) electrons. The first-order valence-corrected chi connectivity index (χ1v) is 1.60. The summed E-state index contributed by atoms with van der Waals surface area (Å²) in [6.07, 6.45) is 0. The molecule has 0 N–H and O–H groups in total. The average Bonchev–Trinajstić information content (AvgIpc) is 0.918. The lowest BCUT2D eigenvalue weighted by molar-refractivity contribution is 0.838. The van der Waals surface area contributed by atoms with E-state index >= 15 is 0 Å². The molecule has 1 unspecified atom stereocenters. The van der Waals surface area contributed by atoms with Crippen LogP contribution in [-0.4, -0.2) is 0 Å². The van der Waals surface area contributed by atoms with Crippen molar-refractivity contribution in [3.8, 4) is 0 Å². The van der Waals surface area contributed by atoms with Crippen molar-refractivity contribution < 1.29 is 2.92 Å². The molecule has 0 aromatic heterocycles. The summed E-state index contributed by atoms with van der Waals surface area (Å²) in [5, 5.41) is 0. The van der Waals surface area contributed by atoms with Crippen molar-refractivity contribution in [2.24, 2.45) is 0 Å². The third kappa shape index (κ3) is 10.2. The summed E-state index contributed by atoms with van der Waals surface area (Å²) in [4.78, 5) is 0. The SMILES string of the molecule is BrOBr.P. The Bertz CT molecular complexity index is 6.00. The van der Waals surface area contributed by atoms with E-state index in [0.717, 1.165) is 0 Å². The highest BCUT2D eigenvalue weighted by Crippen LogP contribution is 1.88. The minimum atomic E-state index is 0. The van der Waals surface area contributed by atoms with E-state index in [1.165, 1.54) is 0 Å². The maximum atomic E-state index is 3.88. The Labute approximate surface area is 45.6 Å². The first kappa shape index (κ1) is 9.02. The Morgan fingerprint density at radius 1 is 1.25 bits per heavy atom. The van der Waals surface area contributed by atoms with Crippen LogP contribution in [-0.2, 0) is 2.92 Å². The molecule has 4 heavy (non-hydrogen) atoms. The third-order valence-corrected chi connectivity index (χ3v) is 0. The van der Waals surface area contributed by atoms with Gasteiger partial charge in [-0.1, -0.05) is 0 Å². The molecule has 0 spiro atoms. The molecule has 1 nitrogen and oxygen atoms in total. The van der Waals surface area contributed by atoms with E-state index in [1.54, 1.807) is 0 Å². The van der Waals surface area contributed by atoms with Gasteiger partial charge in [0.1, 0.15) is 32.5 Å². The molecule has 0 aliphatic rings. The van der Waals surface area contributed by atoms with Gasteiger partial charge in [0.25, 0.3) is 0 Å². The zero-order chi connectivity index (χ0) is 2.71. The quantitative estimate of drug-likeness (QED) is 0.552. The number of hydrogen-bond acceptors (Lipinski definition) is 1. The lowest BCUT2D eigenvalue weighted by atomic mass is 16.0. The van der Waals surface area contributed by atoms with E-state index in [9.17, 15) is 0 Å². The molecule has 4 heteroatoms. The second kappa shape index (κ2) is 8.84. The normalized spacial score (nSPS) is 4.50. The van der Waals surface area contributed by atoms with Crippen LogP contribution in [0.3, 0.4) is 0 Å². The van der Waals surface area contributed by atoms with Crippen molar-refractivity contribution >= 4 is 42.4 Å². The van der Waals surface area contributed by atoms with Crippen LogP contribution in [0.2, 0.25) is 0 Å². The standard InChI is InChI=1S/Br2O.H3P/c1-3-2;/h;1H3. The Kier molecular flexibility index (Phi) is 19.9. The Balaban J connectivity index is 0. The predicted molar refractivity (Wildman–Crippen MR) is 30.0 cm³/mol. The van der Waals surface area contributed by atoms with E-state index < -0.39 is 0 Å². The minimum absolute atomic E-state index is 0. The predicted octanol–water partition coefficient (Wildman–Crippen LogP) is 1.68. The van der Waals surface area contributed by atoms with Gasteiger partial charge in [-0.25, -0.2) is 2.92 Å². The van der Waals surface area contributed by atoms with Gasteiger partial charge in [-0.3, -0.25) is 0 Å². The van der Waals surface area contributed by atoms with Crippen LogP contribution in [0.15, 0.2) is 0 Å². The van der Waals surface area contributed by atoms with Crippen LogP contribution < -0.4 is 0 Å². The molecule has 0 saturated carbocycles. The van der Waals surface area contributed by atoms with Crippen molar-refractivity contribution in [3.05, 3.63) is 0 Å². The first-order valence-electron chi connectivity index (χ1n) is 0.309. The zero-order valence-electron chi connectivity index (χ0n) is 1.87. The maximum absolute atomic E-state index is 3.88. The summed E-state index contributed by atoms with van der Waals surface area (Å²) < 4.78 is 3.88. The van der Waals surface area contributed by atoms with E-state index in [1.807, 2.05) is 0 Å². The highest BCUT2D eigenvalue weighted by atomic mass is 79.9. The summed E-state index contributed by atoms with van der Waals surface area (Å²) in [7, 11) is 0. The van der Waals surface area contributed by atoms with Gasteiger partial charge in [0.05, 0.1) is 0 Å². The van der Waals surface area contributed by atoms with Crippen LogP contribution in [0.5, 0.6) is 0 Å². The summed E-state index contributed by atoms with van der Waals surface area (Å²) in [5.74, 6) is 0. The molecule has 0 aromatic rings. The summed E-state index contributed by atoms with van der Waals surface area (Å²) in [6.45, 7) is 0. The molecule has 0 heterocycles. The minimum Gasteiger partial charge on any atom is -0.230 e. The third-order valence-electron chi connectivity index (χ3n) is 0. The van der Waals surface area contributed by atoms with E-state index in [2.05, 4.69) is 35.4 Å². The Hall–Kier alpha value is 1.35.